The second kappa shape index (κ2) is 4.98. The molecule has 1 aliphatic heterocycles. The van der Waals surface area contributed by atoms with Crippen LogP contribution >= 0.6 is 0 Å². The molecule has 0 saturated heterocycles. The SMILES string of the molecule is CN(CC1(O)CCCC1)C(=O)c1ccc2c(c1)OCO2. The van der Waals surface area contributed by atoms with Crippen molar-refractivity contribution in [2.24, 2.45) is 0 Å². The molecule has 1 aromatic carbocycles. The van der Waals surface area contributed by atoms with E-state index >= 15 is 0 Å². The molecule has 0 bridgehead atoms. The van der Waals surface area contributed by atoms with Crippen molar-refractivity contribution < 1.29 is 19.4 Å². The molecule has 108 valence electrons. The molecule has 1 amide bonds. The molecule has 1 heterocycles. The maximum atomic E-state index is 12.4. The van der Waals surface area contributed by atoms with Gasteiger partial charge in [0.2, 0.25) is 6.79 Å². The number of carbonyl (C=O) groups excluding carboxylic acids is 1. The predicted molar refractivity (Wildman–Crippen MR) is 72.9 cm³/mol. The van der Waals surface area contributed by atoms with Crippen molar-refractivity contribution in [3.63, 3.8) is 0 Å². The number of aliphatic hydroxyl groups is 1. The third-order valence-corrected chi connectivity index (χ3v) is 4.03. The number of amides is 1. The van der Waals surface area contributed by atoms with Crippen molar-refractivity contribution in [2.45, 2.75) is 31.3 Å². The maximum absolute atomic E-state index is 12.4. The number of ether oxygens (including phenoxy) is 2. The first-order valence-corrected chi connectivity index (χ1v) is 6.95. The van der Waals surface area contributed by atoms with Crippen molar-refractivity contribution in [1.82, 2.24) is 4.90 Å². The van der Waals surface area contributed by atoms with Gasteiger partial charge in [-0.25, -0.2) is 0 Å². The first-order chi connectivity index (χ1) is 9.57. The summed E-state index contributed by atoms with van der Waals surface area (Å²) in [5.41, 5.74) is -0.167. The summed E-state index contributed by atoms with van der Waals surface area (Å²) < 4.78 is 10.5. The third kappa shape index (κ3) is 2.45. The zero-order chi connectivity index (χ0) is 14.2. The highest BCUT2D eigenvalue weighted by Gasteiger charge is 2.33. The van der Waals surface area contributed by atoms with Crippen LogP contribution in [0.15, 0.2) is 18.2 Å². The minimum Gasteiger partial charge on any atom is -0.454 e. The Morgan fingerprint density at radius 3 is 2.75 bits per heavy atom. The Morgan fingerprint density at radius 2 is 2.00 bits per heavy atom. The molecule has 0 atom stereocenters. The van der Waals surface area contributed by atoms with Crippen LogP contribution in [0.25, 0.3) is 0 Å². The van der Waals surface area contributed by atoms with Crippen LogP contribution in [0, 0.1) is 0 Å². The van der Waals surface area contributed by atoms with Crippen molar-refractivity contribution in [3.05, 3.63) is 23.8 Å². The normalized spacial score (nSPS) is 19.1. The Labute approximate surface area is 118 Å². The number of fused-ring (bicyclic) bond motifs is 1. The largest absolute Gasteiger partial charge is 0.454 e. The van der Waals surface area contributed by atoms with Gasteiger partial charge in [-0.3, -0.25) is 4.79 Å². The van der Waals surface area contributed by atoms with Crippen molar-refractivity contribution >= 4 is 5.91 Å². The van der Waals surface area contributed by atoms with Gasteiger partial charge >= 0.3 is 0 Å². The molecule has 0 radical (unpaired) electrons. The molecular formula is C15H19NO4. The number of carbonyl (C=O) groups is 1. The van der Waals surface area contributed by atoms with Gasteiger partial charge in [-0.15, -0.1) is 0 Å². The topological polar surface area (TPSA) is 59.0 Å². The summed E-state index contributed by atoms with van der Waals surface area (Å²) in [6.45, 7) is 0.572. The molecule has 0 aromatic heterocycles. The number of hydrogen-bond donors (Lipinski definition) is 1. The van der Waals surface area contributed by atoms with Crippen LogP contribution in [0.1, 0.15) is 36.0 Å². The van der Waals surface area contributed by atoms with Crippen molar-refractivity contribution in [2.75, 3.05) is 20.4 Å². The molecule has 1 aliphatic carbocycles. The van der Waals surface area contributed by atoms with Crippen LogP contribution in [0.5, 0.6) is 11.5 Å². The van der Waals surface area contributed by atoms with Crippen molar-refractivity contribution in [1.29, 1.82) is 0 Å². The highest BCUT2D eigenvalue weighted by Crippen LogP contribution is 2.33. The summed E-state index contributed by atoms with van der Waals surface area (Å²) in [7, 11) is 1.73. The fourth-order valence-corrected chi connectivity index (χ4v) is 2.95. The first-order valence-electron chi connectivity index (χ1n) is 6.95. The summed E-state index contributed by atoms with van der Waals surface area (Å²) in [5, 5.41) is 10.4. The standard InChI is InChI=1S/C15H19NO4/c1-16(9-15(18)6-2-3-7-15)14(17)11-4-5-12-13(8-11)20-10-19-12/h4-5,8,18H,2-3,6-7,9-10H2,1H3. The molecule has 20 heavy (non-hydrogen) atoms. The van der Waals surface area contributed by atoms with Gasteiger partial charge in [0.15, 0.2) is 11.5 Å². The van der Waals surface area contributed by atoms with E-state index in [1.54, 1.807) is 30.1 Å². The second-order valence-electron chi connectivity index (χ2n) is 5.66. The Hall–Kier alpha value is -1.75. The van der Waals surface area contributed by atoms with Crippen LogP contribution < -0.4 is 9.47 Å². The molecule has 1 N–H and O–H groups in total. The quantitative estimate of drug-likeness (QED) is 0.915. The van der Waals surface area contributed by atoms with Gasteiger partial charge < -0.3 is 19.5 Å². The van der Waals surface area contributed by atoms with E-state index in [9.17, 15) is 9.90 Å². The lowest BCUT2D eigenvalue weighted by Gasteiger charge is -2.28. The van der Waals surface area contributed by atoms with Crippen LogP contribution in [-0.4, -0.2) is 41.9 Å². The first kappa shape index (κ1) is 13.2. The summed E-state index contributed by atoms with van der Waals surface area (Å²) in [6, 6.07) is 5.17. The van der Waals surface area contributed by atoms with Gasteiger partial charge in [0.05, 0.1) is 5.60 Å². The molecule has 5 heteroatoms. The number of nitrogens with zero attached hydrogens (tertiary/aromatic N) is 1. The highest BCUT2D eigenvalue weighted by atomic mass is 16.7. The molecular weight excluding hydrogens is 258 g/mol. The molecule has 1 aromatic rings. The van der Waals surface area contributed by atoms with E-state index in [0.29, 0.717) is 23.6 Å². The van der Waals surface area contributed by atoms with Crippen LogP contribution in [0.3, 0.4) is 0 Å². The van der Waals surface area contributed by atoms with E-state index in [0.717, 1.165) is 25.7 Å². The summed E-state index contributed by atoms with van der Waals surface area (Å²) >= 11 is 0. The smallest absolute Gasteiger partial charge is 0.253 e. The molecule has 5 nitrogen and oxygen atoms in total. The second-order valence-corrected chi connectivity index (χ2v) is 5.66. The summed E-state index contributed by atoms with van der Waals surface area (Å²) in [5.74, 6) is 1.16. The fraction of sp³-hybridized carbons (Fsp3) is 0.533. The van der Waals surface area contributed by atoms with E-state index in [2.05, 4.69) is 0 Å². The van der Waals surface area contributed by atoms with Gasteiger partial charge in [-0.05, 0) is 31.0 Å². The van der Waals surface area contributed by atoms with Crippen molar-refractivity contribution in [3.8, 4) is 11.5 Å². The Balaban J connectivity index is 1.71. The fourth-order valence-electron chi connectivity index (χ4n) is 2.95. The predicted octanol–water partition coefficient (Wildman–Crippen LogP) is 1.79. The number of hydrogen-bond acceptors (Lipinski definition) is 4. The average Bonchev–Trinajstić information content (AvgIpc) is 3.05. The molecule has 3 rings (SSSR count). The summed E-state index contributed by atoms with van der Waals surface area (Å²) in [6.07, 6.45) is 3.60. The van der Waals surface area contributed by atoms with E-state index in [4.69, 9.17) is 9.47 Å². The maximum Gasteiger partial charge on any atom is 0.253 e. The number of rotatable bonds is 3. The van der Waals surface area contributed by atoms with Crippen LogP contribution in [0.2, 0.25) is 0 Å². The van der Waals surface area contributed by atoms with Gasteiger partial charge in [0.1, 0.15) is 0 Å². The lowest BCUT2D eigenvalue weighted by Crippen LogP contribution is -2.42. The highest BCUT2D eigenvalue weighted by molar-refractivity contribution is 5.94. The molecule has 0 spiro atoms. The Kier molecular flexibility index (Phi) is 3.30. The average molecular weight is 277 g/mol. The van der Waals surface area contributed by atoms with Gasteiger partial charge in [-0.1, -0.05) is 12.8 Å². The lowest BCUT2D eigenvalue weighted by atomic mass is 10.0. The molecule has 1 fully saturated rings. The van der Waals surface area contributed by atoms with Crippen LogP contribution in [-0.2, 0) is 0 Å². The van der Waals surface area contributed by atoms with E-state index in [1.807, 2.05) is 0 Å². The molecule has 0 unspecified atom stereocenters. The van der Waals surface area contributed by atoms with Gasteiger partial charge in [0.25, 0.3) is 5.91 Å². The third-order valence-electron chi connectivity index (χ3n) is 4.03. The molecule has 2 aliphatic rings. The van der Waals surface area contributed by atoms with Gasteiger partial charge in [-0.2, -0.15) is 0 Å². The Bertz CT molecular complexity index is 523. The van der Waals surface area contributed by atoms with E-state index in [1.165, 1.54) is 0 Å². The summed E-state index contributed by atoms with van der Waals surface area (Å²) in [4.78, 5) is 14.0. The van der Waals surface area contributed by atoms with E-state index in [-0.39, 0.29) is 12.7 Å². The minimum absolute atomic E-state index is 0.108. The lowest BCUT2D eigenvalue weighted by molar-refractivity contribution is 0.0156. The number of benzene rings is 1. The minimum atomic E-state index is -0.721. The molecule has 1 saturated carbocycles. The zero-order valence-corrected chi connectivity index (χ0v) is 11.6. The van der Waals surface area contributed by atoms with E-state index < -0.39 is 5.60 Å². The number of likely N-dealkylation sites (N-methyl/N-ethyl adjacent to an activating group) is 1. The van der Waals surface area contributed by atoms with Gasteiger partial charge in [0, 0.05) is 19.2 Å². The zero-order valence-electron chi connectivity index (χ0n) is 11.6. The van der Waals surface area contributed by atoms with Crippen LogP contribution in [0.4, 0.5) is 0 Å². The monoisotopic (exact) mass is 277 g/mol. The Morgan fingerprint density at radius 1 is 1.30 bits per heavy atom.